The van der Waals surface area contributed by atoms with Crippen LogP contribution in [0.4, 0.5) is 39.5 Å². The van der Waals surface area contributed by atoms with E-state index in [0.717, 1.165) is 60.7 Å². The van der Waals surface area contributed by atoms with Crippen LogP contribution in [-0.4, -0.2) is 33.5 Å². The normalized spacial score (nSPS) is 13.0. The quantitative estimate of drug-likeness (QED) is 0.0900. The van der Waals surface area contributed by atoms with Crippen LogP contribution in [0.5, 0.6) is 0 Å². The van der Waals surface area contributed by atoms with E-state index in [9.17, 15) is 39.5 Å². The molecule has 0 atom stereocenters. The Morgan fingerprint density at radius 3 is 1.01 bits per heavy atom. The number of pyridine rings is 3. The Morgan fingerprint density at radius 2 is 0.632 bits per heavy atom. The maximum absolute atomic E-state index is 13.5. The van der Waals surface area contributed by atoms with Crippen molar-refractivity contribution in [1.29, 1.82) is 0 Å². The molecule has 6 heterocycles. The first-order chi connectivity index (χ1) is 54.5. The van der Waals surface area contributed by atoms with Crippen LogP contribution in [0.1, 0.15) is 154 Å². The molecule has 0 N–H and O–H groups in total. The van der Waals surface area contributed by atoms with E-state index in [1.165, 1.54) is 135 Å². The first-order valence-corrected chi connectivity index (χ1v) is 40.3. The lowest BCUT2D eigenvalue weighted by molar-refractivity contribution is -0.660. The molecule has 0 bridgehead atoms. The van der Waals surface area contributed by atoms with E-state index in [4.69, 9.17) is 8.83 Å². The molecule has 606 valence electrons. The van der Waals surface area contributed by atoms with E-state index in [0.29, 0.717) is 27.2 Å². The summed E-state index contributed by atoms with van der Waals surface area (Å²) < 4.78 is 140. The van der Waals surface area contributed by atoms with Crippen molar-refractivity contribution >= 4 is 76.1 Å². The maximum atomic E-state index is 13.5. The average Bonchev–Trinajstić information content (AvgIpc) is 1.32. The zero-order valence-electron chi connectivity index (χ0n) is 70.5. The van der Waals surface area contributed by atoms with Crippen molar-refractivity contribution in [2.45, 2.75) is 179 Å². The molecule has 0 spiro atoms. The van der Waals surface area contributed by atoms with Crippen molar-refractivity contribution in [3.05, 3.63) is 251 Å². The summed E-state index contributed by atoms with van der Waals surface area (Å²) >= 11 is 1.34. The Labute approximate surface area is 683 Å². The summed E-state index contributed by atoms with van der Waals surface area (Å²) in [5.74, 6) is 0.178. The Kier molecular flexibility index (Phi) is 22.1. The molecule has 0 fully saturated rings. The third-order valence-corrected chi connectivity index (χ3v) is 24.1. The monoisotopic (exact) mass is 1610 g/mol. The number of hydrogen-bond acceptors (Lipinski definition) is 6. The first-order valence-electron chi connectivity index (χ1n) is 39.5. The minimum Gasteiger partial charge on any atom is -0.441 e. The van der Waals surface area contributed by atoms with Crippen LogP contribution >= 0.6 is 11.3 Å². The van der Waals surface area contributed by atoms with E-state index in [1.807, 2.05) is 87.2 Å². The van der Waals surface area contributed by atoms with Crippen LogP contribution < -0.4 is 13.7 Å². The molecule has 9 aromatic carbocycles. The van der Waals surface area contributed by atoms with Gasteiger partial charge in [0.15, 0.2) is 41.5 Å². The molecule has 117 heavy (non-hydrogen) atoms. The number of oxazole rings is 2. The van der Waals surface area contributed by atoms with Gasteiger partial charge in [-0.25, -0.2) is 28.7 Å². The summed E-state index contributed by atoms with van der Waals surface area (Å²) in [7, 11) is 6.14. The average molecular weight is 1610 g/mol. The van der Waals surface area contributed by atoms with Crippen LogP contribution in [0.3, 0.4) is 0 Å². The molecule has 0 amide bonds. The summed E-state index contributed by atoms with van der Waals surface area (Å²) in [5.41, 5.74) is 17.2. The second kappa shape index (κ2) is 30.7. The number of hydrogen-bond donors (Lipinski definition) is 0. The van der Waals surface area contributed by atoms with Crippen molar-refractivity contribution in [3.8, 4) is 67.2 Å². The summed E-state index contributed by atoms with van der Waals surface area (Å²) in [6.45, 7) is 33.8. The van der Waals surface area contributed by atoms with Crippen LogP contribution in [0.15, 0.2) is 209 Å². The molecule has 15 aromatic rings. The molecule has 0 aliphatic carbocycles. The van der Waals surface area contributed by atoms with E-state index in [-0.39, 0.29) is 47.3 Å². The van der Waals surface area contributed by atoms with Crippen molar-refractivity contribution in [2.24, 2.45) is 37.4 Å². The Morgan fingerprint density at radius 1 is 0.316 bits per heavy atom. The van der Waals surface area contributed by atoms with Crippen LogP contribution in [0, 0.1) is 37.0 Å². The highest BCUT2D eigenvalue weighted by Crippen LogP contribution is 2.47. The number of fused-ring (bicyclic) bond motifs is 6. The lowest BCUT2D eigenvalue weighted by atomic mass is 9.80. The predicted octanol–water partition coefficient (Wildman–Crippen LogP) is 27.1. The standard InChI is InChI=1S/2C33H34F3N2O.C33H34F3N2S/c1-20-23-10-8-9-11-24(23)26(31(2,3)4)18-25(20)28-16-22(14-15-38(28)7)21-12-13-27-29(17-21)39-30(37-27)19-32(5,6)33(34,35)36;2*1-20-23-10-8-9-11-24(23)26(31(2,3)4)18-25(20)28-17-22(14-15-38(28)7)21-12-13-29-27(16-21)37-30(39-29)19-32(5,6)33(34,35)36/h3*8-18H,19H2,1-7H3/q3*+1. The summed E-state index contributed by atoms with van der Waals surface area (Å²) in [5, 5.41) is 8.06. The third-order valence-electron chi connectivity index (χ3n) is 23.0. The number of alkyl halides is 9. The molecule has 18 heteroatoms. The Hall–Kier alpha value is -10.6. The SMILES string of the molecule is Cc1c(-c2cc(-c3ccc4nc(CC(C)(C)C(F)(F)F)oc4c3)cc[n+]2C)cc(C(C)(C)C)c2ccccc12.Cc1c(-c2cc(-c3ccc4oc(CC(C)(C)C(F)(F)F)nc4c3)cc[n+]2C)cc(C(C)(C)C)c2ccccc12.Cc1c(-c2cc(-c3ccc4sc(CC(C)(C)C(F)(F)F)nc4c3)cc[n+]2C)cc(C(C)(C)C)c2ccccc12. The Balaban J connectivity index is 0.000000152. The van der Waals surface area contributed by atoms with Crippen LogP contribution in [-0.2, 0) is 56.7 Å². The van der Waals surface area contributed by atoms with Gasteiger partial charge in [0.25, 0.3) is 0 Å². The van der Waals surface area contributed by atoms with E-state index < -0.39 is 34.8 Å². The number of nitrogens with zero attached hydrogens (tertiary/aromatic N) is 6. The van der Waals surface area contributed by atoms with Crippen molar-refractivity contribution < 1.29 is 62.0 Å². The van der Waals surface area contributed by atoms with Gasteiger partial charge in [-0.2, -0.15) is 39.5 Å². The lowest BCUT2D eigenvalue weighted by Crippen LogP contribution is -2.34. The van der Waals surface area contributed by atoms with Gasteiger partial charge in [-0.3, -0.25) is 0 Å². The van der Waals surface area contributed by atoms with Crippen molar-refractivity contribution in [1.82, 2.24) is 15.0 Å². The largest absolute Gasteiger partial charge is 0.441 e. The number of halogens is 9. The maximum Gasteiger partial charge on any atom is 0.394 e. The van der Waals surface area contributed by atoms with Gasteiger partial charge >= 0.3 is 18.5 Å². The van der Waals surface area contributed by atoms with Gasteiger partial charge in [0.2, 0.25) is 17.1 Å². The van der Waals surface area contributed by atoms with Crippen molar-refractivity contribution in [2.75, 3.05) is 0 Å². The molecule has 6 aromatic heterocycles. The van der Waals surface area contributed by atoms with Gasteiger partial charge in [0.1, 0.15) is 32.2 Å². The molecular formula is C99H102F9N6O2S+3. The molecule has 0 unspecified atom stereocenters. The number of thiazole rings is 1. The second-order valence-corrected chi connectivity index (χ2v) is 37.6. The molecule has 0 saturated carbocycles. The zero-order valence-corrected chi connectivity index (χ0v) is 71.3. The topological polar surface area (TPSA) is 76.6 Å². The van der Waals surface area contributed by atoms with E-state index >= 15 is 0 Å². The van der Waals surface area contributed by atoms with Gasteiger partial charge < -0.3 is 8.83 Å². The van der Waals surface area contributed by atoms with Crippen LogP contribution in [0.25, 0.3) is 132 Å². The number of rotatable bonds is 12. The highest BCUT2D eigenvalue weighted by Gasteiger charge is 2.50. The fraction of sp³-hybridized carbons (Fsp3) is 0.333. The third kappa shape index (κ3) is 17.1. The number of aromatic nitrogens is 6. The fourth-order valence-corrected chi connectivity index (χ4v) is 16.6. The second-order valence-electron chi connectivity index (χ2n) is 36.5. The molecule has 0 radical (unpaired) electrons. The molecular weight excluding hydrogens is 1510 g/mol. The summed E-state index contributed by atoms with van der Waals surface area (Å²) in [4.78, 5) is 13.3. The summed E-state index contributed by atoms with van der Waals surface area (Å²) in [6, 6.07) is 62.5. The lowest BCUT2D eigenvalue weighted by Gasteiger charge is -2.26. The minimum absolute atomic E-state index is 0.0215. The van der Waals surface area contributed by atoms with E-state index in [1.54, 1.807) is 6.07 Å². The molecule has 0 saturated heterocycles. The van der Waals surface area contributed by atoms with E-state index in [2.05, 4.69) is 240 Å². The number of aryl methyl sites for hydroxylation is 6. The Bertz CT molecular complexity index is 5720. The van der Waals surface area contributed by atoms with Gasteiger partial charge in [-0.1, -0.05) is 195 Å². The molecule has 15 rings (SSSR count). The molecule has 8 nitrogen and oxygen atoms in total. The molecule has 0 aliphatic heterocycles. The highest BCUT2D eigenvalue weighted by molar-refractivity contribution is 7.18. The van der Waals surface area contributed by atoms with Crippen LogP contribution in [0.2, 0.25) is 0 Å². The summed E-state index contributed by atoms with van der Waals surface area (Å²) in [6.07, 6.45) is -7.58. The van der Waals surface area contributed by atoms with Gasteiger partial charge in [-0.05, 0) is 191 Å². The zero-order chi connectivity index (χ0) is 85.0. The van der Waals surface area contributed by atoms with Gasteiger partial charge in [0, 0.05) is 72.4 Å². The minimum atomic E-state index is -4.34. The van der Waals surface area contributed by atoms with Gasteiger partial charge in [-0.15, -0.1) is 11.3 Å². The fourth-order valence-electron chi connectivity index (χ4n) is 15.4. The number of benzene rings is 9. The smallest absolute Gasteiger partial charge is 0.394 e. The first kappa shape index (κ1) is 84.3. The van der Waals surface area contributed by atoms with Crippen molar-refractivity contribution in [3.63, 3.8) is 0 Å². The highest BCUT2D eigenvalue weighted by atomic mass is 32.1. The molecule has 0 aliphatic rings. The van der Waals surface area contributed by atoms with Gasteiger partial charge in [0.05, 0.1) is 31.5 Å². The predicted molar refractivity (Wildman–Crippen MR) is 457 cm³/mol.